The van der Waals surface area contributed by atoms with Gasteiger partial charge in [-0.05, 0) is 183 Å². The van der Waals surface area contributed by atoms with Crippen LogP contribution in [0.3, 0.4) is 0 Å². The molecule has 3 fully saturated rings. The normalized spacial score (nSPS) is 16.1. The van der Waals surface area contributed by atoms with Gasteiger partial charge in [0.05, 0.1) is 12.3 Å². The molecule has 6 rings (SSSR count). The van der Waals surface area contributed by atoms with Gasteiger partial charge in [0.2, 0.25) is 20.4 Å². The fourth-order valence-corrected chi connectivity index (χ4v) is 10.6. The maximum Gasteiger partial charge on any atom is 0.490 e. The van der Waals surface area contributed by atoms with Gasteiger partial charge in [-0.15, -0.1) is 0 Å². The number of hydrogen-bond donors (Lipinski definition) is 3. The Balaban J connectivity index is 0.000000333. The lowest BCUT2D eigenvalue weighted by Gasteiger charge is -2.23. The number of esters is 4. The first-order valence-electron chi connectivity index (χ1n) is 32.2. The average molecular weight is 1260 g/mol. The molecule has 15 nitrogen and oxygen atoms in total. The van der Waals surface area contributed by atoms with Crippen LogP contribution in [0.15, 0.2) is 54.6 Å². The van der Waals surface area contributed by atoms with Crippen LogP contribution < -0.4 is 25.7 Å². The molecule has 3 saturated carbocycles. The number of halogens is 3. The van der Waals surface area contributed by atoms with E-state index in [0.717, 1.165) is 45.8 Å². The van der Waals surface area contributed by atoms with Gasteiger partial charge in [-0.2, -0.15) is 13.2 Å². The van der Waals surface area contributed by atoms with Gasteiger partial charge in [0.1, 0.15) is 34.9 Å². The van der Waals surface area contributed by atoms with Crippen LogP contribution in [0.4, 0.5) is 13.2 Å². The molecule has 3 aromatic carbocycles. The number of ether oxygens (including phenoxy) is 7. The predicted molar refractivity (Wildman–Crippen MR) is 342 cm³/mol. The van der Waals surface area contributed by atoms with Crippen molar-refractivity contribution < 1.29 is 75.4 Å². The van der Waals surface area contributed by atoms with Gasteiger partial charge >= 0.3 is 36.0 Å². The molecule has 18 heteroatoms. The zero-order chi connectivity index (χ0) is 67.2. The highest BCUT2D eigenvalue weighted by molar-refractivity contribution is 5.80. The number of hydrogen-bond acceptors (Lipinski definition) is 14. The Morgan fingerprint density at radius 3 is 0.978 bits per heavy atom. The van der Waals surface area contributed by atoms with Gasteiger partial charge in [0, 0.05) is 0 Å². The van der Waals surface area contributed by atoms with Gasteiger partial charge in [-0.25, -0.2) is 4.79 Å². The minimum absolute atomic E-state index is 0.0147. The van der Waals surface area contributed by atoms with Crippen molar-refractivity contribution in [2.45, 2.75) is 248 Å². The highest BCUT2D eigenvalue weighted by Gasteiger charge is 2.39. The fourth-order valence-electron chi connectivity index (χ4n) is 10.6. The first kappa shape index (κ1) is 77.4. The number of carbonyl (C=O) groups is 5. The molecule has 502 valence electrons. The van der Waals surface area contributed by atoms with E-state index in [2.05, 4.69) is 117 Å². The van der Waals surface area contributed by atoms with Crippen LogP contribution in [0, 0.1) is 41.4 Å². The van der Waals surface area contributed by atoms with Crippen molar-refractivity contribution in [2.75, 3.05) is 20.4 Å². The highest BCUT2D eigenvalue weighted by atomic mass is 19.4. The second-order valence-electron chi connectivity index (χ2n) is 27.7. The van der Waals surface area contributed by atoms with Gasteiger partial charge < -0.3 is 49.7 Å². The van der Waals surface area contributed by atoms with Gasteiger partial charge in [-0.3, -0.25) is 19.2 Å². The molecule has 0 spiro atoms. The first-order chi connectivity index (χ1) is 41.4. The Morgan fingerprint density at radius 2 is 0.742 bits per heavy atom. The summed E-state index contributed by atoms with van der Waals surface area (Å²) in [6.07, 6.45) is 4.36. The van der Waals surface area contributed by atoms with Crippen LogP contribution in [-0.4, -0.2) is 79.2 Å². The van der Waals surface area contributed by atoms with Crippen LogP contribution >= 0.6 is 0 Å². The quantitative estimate of drug-likeness (QED) is 0.0334. The van der Waals surface area contributed by atoms with E-state index in [1.54, 1.807) is 0 Å². The number of benzene rings is 3. The maximum atomic E-state index is 12.8. The summed E-state index contributed by atoms with van der Waals surface area (Å²) in [6.45, 7) is 37.0. The van der Waals surface area contributed by atoms with Crippen LogP contribution in [0.25, 0.3) is 0 Å². The zero-order valence-electron chi connectivity index (χ0n) is 56.7. The smallest absolute Gasteiger partial charge is 0.475 e. The van der Waals surface area contributed by atoms with Gasteiger partial charge in [0.15, 0.2) is 0 Å². The van der Waals surface area contributed by atoms with Crippen LogP contribution in [-0.2, 0) is 42.9 Å². The topological polar surface area (TPSA) is 222 Å². The molecule has 0 unspecified atom stereocenters. The zero-order valence-corrected chi connectivity index (χ0v) is 56.7. The van der Waals surface area contributed by atoms with Crippen molar-refractivity contribution in [3.63, 3.8) is 0 Å². The van der Waals surface area contributed by atoms with Gasteiger partial charge in [-0.1, -0.05) is 158 Å². The number of rotatable bonds is 29. The molecule has 0 aromatic heterocycles. The lowest BCUT2D eigenvalue weighted by atomic mass is 9.90. The summed E-state index contributed by atoms with van der Waals surface area (Å²) < 4.78 is 71.2. The molecule has 0 bridgehead atoms. The Labute approximate surface area is 529 Å². The standard InChI is InChI=1S/C27H42O5.2C21H33NO3.C2HF3O2/c1-17(2)14-21(15-24(28)32-27(6,7)8)26(29)31-16-30-25-22(18(3)4)10-9-11-23(25)19(5)20-12-13-20;2*1-13(2)11-19(22)21(23)25-12-24-20-17(14(3)4)7-6-8-18(20)15(5)16-9-10-16;3-2(4,5)1(6)7/h9-11,17-21H,12-16H2,1-8H3;2*6-8,13-16,19H,9-12,22H2,1-5H3;(H,6,7)/t19-,21-;2*15-,19+;/m111./s1. The SMILES string of the molecule is CC(C)C[C@H](CC(=O)OC(C)(C)C)C(=O)OCOc1c(C(C)C)cccc1[C@H](C)C1CC1.CC(C)C[C@H](N)C(=O)OCOc1c(C(C)C)cccc1[C@H](C)C1CC1.CC(C)C[C@H](N)C(=O)OCOc1c(C(C)C)cccc1[C@H](C)C1CC1.O=C(O)C(F)(F)F. The van der Waals surface area contributed by atoms with E-state index >= 15 is 0 Å². The van der Waals surface area contributed by atoms with Crippen molar-refractivity contribution >= 4 is 29.8 Å². The predicted octanol–water partition coefficient (Wildman–Crippen LogP) is 16.4. The molecule has 0 amide bonds. The summed E-state index contributed by atoms with van der Waals surface area (Å²) in [4.78, 5) is 58.0. The maximum absolute atomic E-state index is 12.8. The van der Waals surface area contributed by atoms with Crippen molar-refractivity contribution in [1.29, 1.82) is 0 Å². The van der Waals surface area contributed by atoms with Crippen LogP contribution in [0.5, 0.6) is 17.2 Å². The monoisotopic (exact) mass is 1250 g/mol. The molecule has 5 N–H and O–H groups in total. The van der Waals surface area contributed by atoms with E-state index in [1.807, 2.05) is 62.3 Å². The molecule has 3 aromatic rings. The Hall–Kier alpha value is -5.88. The van der Waals surface area contributed by atoms with E-state index in [-0.39, 0.29) is 38.7 Å². The summed E-state index contributed by atoms with van der Waals surface area (Å²) in [5, 5.41) is 7.12. The van der Waals surface area contributed by atoms with Crippen molar-refractivity contribution in [2.24, 2.45) is 52.9 Å². The molecule has 0 aliphatic heterocycles. The summed E-state index contributed by atoms with van der Waals surface area (Å²) in [5.41, 5.74) is 18.2. The minimum Gasteiger partial charge on any atom is -0.475 e. The number of carboxylic acids is 1. The first-order valence-corrected chi connectivity index (χ1v) is 32.2. The third-order valence-corrected chi connectivity index (χ3v) is 16.0. The minimum atomic E-state index is -5.08. The molecule has 0 heterocycles. The molecular weight excluding hydrogens is 1150 g/mol. The Morgan fingerprint density at radius 1 is 0.472 bits per heavy atom. The van der Waals surface area contributed by atoms with E-state index in [1.165, 1.54) is 55.2 Å². The number of para-hydroxylation sites is 3. The Kier molecular flexibility index (Phi) is 31.5. The second-order valence-corrected chi connectivity index (χ2v) is 27.7. The molecule has 89 heavy (non-hydrogen) atoms. The third-order valence-electron chi connectivity index (χ3n) is 16.0. The molecular formula is C71H109F3N2O13. The molecule has 0 saturated heterocycles. The number of carbonyl (C=O) groups excluding carboxylic acids is 4. The molecule has 3 aliphatic rings. The highest BCUT2D eigenvalue weighted by Crippen LogP contribution is 2.49. The summed E-state index contributed by atoms with van der Waals surface area (Å²) >= 11 is 0. The summed E-state index contributed by atoms with van der Waals surface area (Å²) in [7, 11) is 0. The number of carboxylic acid groups (broad SMARTS) is 1. The lowest BCUT2D eigenvalue weighted by Crippen LogP contribution is -2.34. The van der Waals surface area contributed by atoms with Gasteiger partial charge in [0.25, 0.3) is 0 Å². The summed E-state index contributed by atoms with van der Waals surface area (Å²) in [5.74, 6) is 3.20. The number of aliphatic carboxylic acids is 1. The van der Waals surface area contributed by atoms with Crippen molar-refractivity contribution in [3.8, 4) is 17.2 Å². The second kappa shape index (κ2) is 36.2. The Bertz CT molecular complexity index is 2580. The third kappa shape index (κ3) is 27.6. The van der Waals surface area contributed by atoms with E-state index in [9.17, 15) is 32.3 Å². The number of alkyl halides is 3. The van der Waals surface area contributed by atoms with E-state index in [0.29, 0.717) is 72.5 Å². The summed E-state index contributed by atoms with van der Waals surface area (Å²) in [6, 6.07) is 17.8. The van der Waals surface area contributed by atoms with Crippen molar-refractivity contribution in [1.82, 2.24) is 0 Å². The van der Waals surface area contributed by atoms with Crippen molar-refractivity contribution in [3.05, 3.63) is 88.0 Å². The molecule has 6 atom stereocenters. The largest absolute Gasteiger partial charge is 0.490 e. The van der Waals surface area contributed by atoms with E-state index < -0.39 is 53.7 Å². The molecule has 3 aliphatic carbocycles. The van der Waals surface area contributed by atoms with Crippen LogP contribution in [0.2, 0.25) is 0 Å². The lowest BCUT2D eigenvalue weighted by molar-refractivity contribution is -0.192. The molecule has 0 radical (unpaired) electrons. The average Bonchev–Trinajstić information content (AvgIpc) is 2.53. The number of nitrogens with two attached hydrogens (primary N) is 2. The van der Waals surface area contributed by atoms with E-state index in [4.69, 9.17) is 54.5 Å². The fraction of sp³-hybridized carbons (Fsp3) is 0.676. The van der Waals surface area contributed by atoms with Crippen LogP contribution in [0.1, 0.15) is 258 Å².